The largest absolute Gasteiger partial charge is 0.294 e. The van der Waals surface area contributed by atoms with E-state index in [1.54, 1.807) is 5.71 Å². The highest BCUT2D eigenvalue weighted by atomic mass is 14.7. The van der Waals surface area contributed by atoms with E-state index in [0.29, 0.717) is 5.92 Å². The van der Waals surface area contributed by atoms with E-state index >= 15 is 0 Å². The van der Waals surface area contributed by atoms with Crippen LogP contribution in [0.15, 0.2) is 4.99 Å². The molecule has 0 aromatic rings. The fourth-order valence-corrected chi connectivity index (χ4v) is 2.92. The van der Waals surface area contributed by atoms with Crippen LogP contribution in [0, 0.1) is 17.8 Å². The molecular weight excluding hydrogens is 218 g/mol. The molecule has 0 radical (unpaired) electrons. The highest BCUT2D eigenvalue weighted by Crippen LogP contribution is 2.25. The number of aliphatic imine (C=N–C) groups is 1. The van der Waals surface area contributed by atoms with Crippen LogP contribution in [0.1, 0.15) is 79.1 Å². The third-order valence-electron chi connectivity index (χ3n) is 4.27. The zero-order valence-electron chi connectivity index (χ0n) is 13.0. The van der Waals surface area contributed by atoms with E-state index in [-0.39, 0.29) is 0 Å². The summed E-state index contributed by atoms with van der Waals surface area (Å²) < 4.78 is 0. The molecule has 0 amide bonds. The Morgan fingerprint density at radius 3 is 2.50 bits per heavy atom. The van der Waals surface area contributed by atoms with Crippen LogP contribution >= 0.6 is 0 Å². The topological polar surface area (TPSA) is 12.4 Å². The minimum absolute atomic E-state index is 0.697. The van der Waals surface area contributed by atoms with Crippen molar-refractivity contribution < 1.29 is 0 Å². The van der Waals surface area contributed by atoms with Gasteiger partial charge >= 0.3 is 0 Å². The molecule has 1 fully saturated rings. The third kappa shape index (κ3) is 6.02. The van der Waals surface area contributed by atoms with Crippen molar-refractivity contribution in [2.24, 2.45) is 22.7 Å². The minimum atomic E-state index is 0.697. The van der Waals surface area contributed by atoms with Crippen LogP contribution in [0.2, 0.25) is 0 Å². The van der Waals surface area contributed by atoms with Gasteiger partial charge in [-0.1, -0.05) is 53.4 Å². The molecule has 0 spiro atoms. The maximum Gasteiger partial charge on any atom is 0.0411 e. The molecule has 18 heavy (non-hydrogen) atoms. The molecule has 2 unspecified atom stereocenters. The molecule has 1 heteroatoms. The van der Waals surface area contributed by atoms with Crippen LogP contribution in [-0.4, -0.2) is 12.3 Å². The molecular formula is C17H33N. The second-order valence-electron chi connectivity index (χ2n) is 6.61. The van der Waals surface area contributed by atoms with Gasteiger partial charge in [0.05, 0.1) is 0 Å². The molecule has 0 N–H and O–H groups in total. The van der Waals surface area contributed by atoms with E-state index in [1.165, 1.54) is 51.4 Å². The zero-order valence-corrected chi connectivity index (χ0v) is 13.0. The van der Waals surface area contributed by atoms with E-state index in [9.17, 15) is 0 Å². The van der Waals surface area contributed by atoms with Crippen LogP contribution in [-0.2, 0) is 0 Å². The summed E-state index contributed by atoms with van der Waals surface area (Å²) in [6.45, 7) is 10.3. The molecule has 0 aromatic carbocycles. The van der Waals surface area contributed by atoms with Crippen LogP contribution in [0.4, 0.5) is 0 Å². The Kier molecular flexibility index (Phi) is 7.62. The average molecular weight is 251 g/mol. The van der Waals surface area contributed by atoms with Crippen molar-refractivity contribution in [3.63, 3.8) is 0 Å². The molecule has 1 aliphatic rings. The Morgan fingerprint density at radius 1 is 1.11 bits per heavy atom. The molecule has 0 aromatic heterocycles. The maximum atomic E-state index is 4.96. The molecule has 1 rings (SSSR count). The van der Waals surface area contributed by atoms with Gasteiger partial charge in [-0.3, -0.25) is 4.99 Å². The van der Waals surface area contributed by atoms with Crippen LogP contribution in [0.5, 0.6) is 0 Å². The molecule has 0 bridgehead atoms. The molecule has 106 valence electrons. The summed E-state index contributed by atoms with van der Waals surface area (Å²) in [6, 6.07) is 0. The summed E-state index contributed by atoms with van der Waals surface area (Å²) in [6.07, 6.45) is 11.0. The lowest BCUT2D eigenvalue weighted by Gasteiger charge is -2.22. The van der Waals surface area contributed by atoms with Gasteiger partial charge in [-0.2, -0.15) is 0 Å². The smallest absolute Gasteiger partial charge is 0.0411 e. The molecule has 1 nitrogen and oxygen atoms in total. The molecule has 1 aliphatic carbocycles. The molecule has 2 atom stereocenters. The first-order valence-electron chi connectivity index (χ1n) is 8.16. The summed E-state index contributed by atoms with van der Waals surface area (Å²) in [4.78, 5) is 4.96. The Balaban J connectivity index is 2.66. The van der Waals surface area contributed by atoms with Crippen molar-refractivity contribution in [3.05, 3.63) is 0 Å². The first-order chi connectivity index (χ1) is 8.63. The fraction of sp³-hybridized carbons (Fsp3) is 0.941. The van der Waals surface area contributed by atoms with Crippen LogP contribution < -0.4 is 0 Å². The van der Waals surface area contributed by atoms with Crippen molar-refractivity contribution in [1.82, 2.24) is 0 Å². The summed E-state index contributed by atoms with van der Waals surface area (Å²) >= 11 is 0. The van der Waals surface area contributed by atoms with Crippen molar-refractivity contribution in [2.75, 3.05) is 6.54 Å². The first kappa shape index (κ1) is 15.7. The predicted octanol–water partition coefficient (Wildman–Crippen LogP) is 5.49. The number of nitrogens with zero attached hydrogens (tertiary/aromatic N) is 1. The molecule has 1 saturated carbocycles. The highest BCUT2D eigenvalue weighted by molar-refractivity contribution is 5.86. The second kappa shape index (κ2) is 8.72. The van der Waals surface area contributed by atoms with Crippen molar-refractivity contribution >= 4 is 5.71 Å². The highest BCUT2D eigenvalue weighted by Gasteiger charge is 2.16. The van der Waals surface area contributed by atoms with Gasteiger partial charge in [0.25, 0.3) is 0 Å². The lowest BCUT2D eigenvalue weighted by Crippen LogP contribution is -2.17. The maximum absolute atomic E-state index is 4.96. The van der Waals surface area contributed by atoms with Crippen LogP contribution in [0.3, 0.4) is 0 Å². The van der Waals surface area contributed by atoms with Gasteiger partial charge in [-0.05, 0) is 43.4 Å². The first-order valence-corrected chi connectivity index (χ1v) is 8.16. The Labute approximate surface area is 114 Å². The monoisotopic (exact) mass is 251 g/mol. The summed E-state index contributed by atoms with van der Waals surface area (Å²) in [5.41, 5.74) is 1.54. The molecule has 0 aliphatic heterocycles. The Hall–Kier alpha value is -0.330. The zero-order chi connectivity index (χ0) is 13.4. The normalized spacial score (nSPS) is 29.7. The van der Waals surface area contributed by atoms with Gasteiger partial charge in [-0.15, -0.1) is 0 Å². The van der Waals surface area contributed by atoms with E-state index in [1.807, 2.05) is 0 Å². The average Bonchev–Trinajstić information content (AvgIpc) is 2.34. The predicted molar refractivity (Wildman–Crippen MR) is 82.4 cm³/mol. The van der Waals surface area contributed by atoms with Crippen molar-refractivity contribution in [3.8, 4) is 0 Å². The van der Waals surface area contributed by atoms with Crippen LogP contribution in [0.25, 0.3) is 0 Å². The number of rotatable bonds is 3. The summed E-state index contributed by atoms with van der Waals surface area (Å²) in [7, 11) is 0. The van der Waals surface area contributed by atoms with Gasteiger partial charge in [0.15, 0.2) is 0 Å². The van der Waals surface area contributed by atoms with Gasteiger partial charge in [-0.25, -0.2) is 0 Å². The lowest BCUT2D eigenvalue weighted by atomic mass is 9.86. The quantitative estimate of drug-likeness (QED) is 0.629. The van der Waals surface area contributed by atoms with E-state index in [0.717, 1.165) is 18.4 Å². The second-order valence-corrected chi connectivity index (χ2v) is 6.61. The lowest BCUT2D eigenvalue weighted by molar-refractivity contribution is 0.434. The standard InChI is InChI=1S/C17H33N/c1-5-16-10-8-6-7-9-15(4)11-12-17(16)18-13-14(2)3/h14-16H,5-13H2,1-4H3. The van der Waals surface area contributed by atoms with Gasteiger partial charge in [0.2, 0.25) is 0 Å². The summed E-state index contributed by atoms with van der Waals surface area (Å²) in [5.74, 6) is 2.36. The SMILES string of the molecule is CCC1CCCCCC(C)CCC1=NCC(C)C. The van der Waals surface area contributed by atoms with Crippen molar-refractivity contribution in [2.45, 2.75) is 79.1 Å². The fourth-order valence-electron chi connectivity index (χ4n) is 2.92. The number of hydrogen-bond acceptors (Lipinski definition) is 1. The summed E-state index contributed by atoms with van der Waals surface area (Å²) in [5, 5.41) is 0. The molecule has 0 heterocycles. The van der Waals surface area contributed by atoms with E-state index < -0.39 is 0 Å². The van der Waals surface area contributed by atoms with E-state index in [4.69, 9.17) is 4.99 Å². The van der Waals surface area contributed by atoms with Crippen molar-refractivity contribution in [1.29, 1.82) is 0 Å². The number of hydrogen-bond donors (Lipinski definition) is 0. The van der Waals surface area contributed by atoms with Gasteiger partial charge in [0, 0.05) is 12.3 Å². The van der Waals surface area contributed by atoms with Gasteiger partial charge in [0.1, 0.15) is 0 Å². The molecule has 0 saturated heterocycles. The Morgan fingerprint density at radius 2 is 1.83 bits per heavy atom. The minimum Gasteiger partial charge on any atom is -0.294 e. The van der Waals surface area contributed by atoms with Gasteiger partial charge < -0.3 is 0 Å². The van der Waals surface area contributed by atoms with E-state index in [2.05, 4.69) is 27.7 Å². The Bertz CT molecular complexity index is 242. The third-order valence-corrected chi connectivity index (χ3v) is 4.27.